The van der Waals surface area contributed by atoms with Gasteiger partial charge in [0.15, 0.2) is 6.79 Å². The Hall–Kier alpha value is -1.06. The molecule has 1 aromatic rings. The van der Waals surface area contributed by atoms with Gasteiger partial charge in [0.1, 0.15) is 5.75 Å². The van der Waals surface area contributed by atoms with Gasteiger partial charge in [-0.2, -0.15) is 0 Å². The average molecular weight is 221 g/mol. The Morgan fingerprint density at radius 2 is 2.12 bits per heavy atom. The van der Waals surface area contributed by atoms with E-state index in [-0.39, 0.29) is 6.04 Å². The highest BCUT2D eigenvalue weighted by atomic mass is 16.7. The zero-order valence-corrected chi connectivity index (χ0v) is 9.69. The number of benzene rings is 1. The van der Waals surface area contributed by atoms with E-state index in [2.05, 4.69) is 0 Å². The Morgan fingerprint density at radius 1 is 1.38 bits per heavy atom. The van der Waals surface area contributed by atoms with Crippen LogP contribution in [-0.4, -0.2) is 13.4 Å². The van der Waals surface area contributed by atoms with Gasteiger partial charge in [-0.25, -0.2) is 0 Å². The van der Waals surface area contributed by atoms with Gasteiger partial charge in [-0.05, 0) is 31.7 Å². The standard InChI is InChI=1S/C13H19NO2/c1-10(14)12-4-2-3-5-13(12)16-9-15-8-11-6-7-11/h2-5,10-11H,6-9,14H2,1H3/t10-/m1/s1. The van der Waals surface area contributed by atoms with E-state index in [9.17, 15) is 0 Å². The van der Waals surface area contributed by atoms with Crippen LogP contribution in [0.4, 0.5) is 0 Å². The summed E-state index contributed by atoms with van der Waals surface area (Å²) in [6, 6.07) is 7.82. The summed E-state index contributed by atoms with van der Waals surface area (Å²) in [6.07, 6.45) is 2.60. The minimum atomic E-state index is -0.0142. The molecular formula is C13H19NO2. The lowest BCUT2D eigenvalue weighted by Crippen LogP contribution is -2.10. The maximum absolute atomic E-state index is 5.86. The Labute approximate surface area is 96.5 Å². The van der Waals surface area contributed by atoms with Gasteiger partial charge >= 0.3 is 0 Å². The van der Waals surface area contributed by atoms with Crippen molar-refractivity contribution in [3.63, 3.8) is 0 Å². The molecule has 1 atom stereocenters. The summed E-state index contributed by atoms with van der Waals surface area (Å²) in [6.45, 7) is 3.09. The molecule has 1 aromatic carbocycles. The highest BCUT2D eigenvalue weighted by Gasteiger charge is 2.21. The quantitative estimate of drug-likeness (QED) is 0.593. The number of nitrogens with two attached hydrogens (primary N) is 1. The van der Waals surface area contributed by atoms with E-state index in [1.165, 1.54) is 12.8 Å². The van der Waals surface area contributed by atoms with Crippen LogP contribution in [0.15, 0.2) is 24.3 Å². The summed E-state index contributed by atoms with van der Waals surface area (Å²) < 4.78 is 11.0. The molecule has 88 valence electrons. The van der Waals surface area contributed by atoms with E-state index in [0.29, 0.717) is 6.79 Å². The monoisotopic (exact) mass is 221 g/mol. The van der Waals surface area contributed by atoms with Crippen molar-refractivity contribution in [1.82, 2.24) is 0 Å². The molecule has 0 spiro atoms. The predicted octanol–water partition coefficient (Wildman–Crippen LogP) is 2.47. The van der Waals surface area contributed by atoms with Gasteiger partial charge in [0.25, 0.3) is 0 Å². The second kappa shape index (κ2) is 5.32. The van der Waals surface area contributed by atoms with E-state index in [4.69, 9.17) is 15.2 Å². The van der Waals surface area contributed by atoms with Crippen molar-refractivity contribution in [2.45, 2.75) is 25.8 Å². The number of para-hydroxylation sites is 1. The Kier molecular flexibility index (Phi) is 3.80. The molecule has 0 aromatic heterocycles. The third-order valence-corrected chi connectivity index (χ3v) is 2.76. The van der Waals surface area contributed by atoms with Crippen molar-refractivity contribution in [3.05, 3.63) is 29.8 Å². The van der Waals surface area contributed by atoms with Gasteiger partial charge in [0.2, 0.25) is 0 Å². The van der Waals surface area contributed by atoms with Gasteiger partial charge in [-0.1, -0.05) is 18.2 Å². The molecular weight excluding hydrogens is 202 g/mol. The van der Waals surface area contributed by atoms with E-state index >= 15 is 0 Å². The van der Waals surface area contributed by atoms with Crippen LogP contribution in [0.3, 0.4) is 0 Å². The lowest BCUT2D eigenvalue weighted by Gasteiger charge is -2.13. The van der Waals surface area contributed by atoms with Crippen molar-refractivity contribution in [2.24, 2.45) is 11.7 Å². The second-order valence-electron chi connectivity index (χ2n) is 4.40. The van der Waals surface area contributed by atoms with Crippen LogP contribution in [0.2, 0.25) is 0 Å². The molecule has 0 radical (unpaired) electrons. The minimum absolute atomic E-state index is 0.0142. The van der Waals surface area contributed by atoms with E-state index in [1.54, 1.807) is 0 Å². The number of rotatable bonds is 6. The zero-order valence-electron chi connectivity index (χ0n) is 9.69. The molecule has 2 N–H and O–H groups in total. The van der Waals surface area contributed by atoms with Crippen LogP contribution in [0.1, 0.15) is 31.4 Å². The van der Waals surface area contributed by atoms with E-state index in [0.717, 1.165) is 23.8 Å². The van der Waals surface area contributed by atoms with Crippen LogP contribution < -0.4 is 10.5 Å². The maximum atomic E-state index is 5.86. The average Bonchev–Trinajstić information content (AvgIpc) is 3.08. The summed E-state index contributed by atoms with van der Waals surface area (Å²) >= 11 is 0. The molecule has 0 amide bonds. The fraction of sp³-hybridized carbons (Fsp3) is 0.538. The van der Waals surface area contributed by atoms with E-state index in [1.807, 2.05) is 31.2 Å². The topological polar surface area (TPSA) is 44.5 Å². The smallest absolute Gasteiger partial charge is 0.189 e. The van der Waals surface area contributed by atoms with Crippen LogP contribution in [0, 0.1) is 5.92 Å². The first kappa shape index (κ1) is 11.4. The third-order valence-electron chi connectivity index (χ3n) is 2.76. The van der Waals surface area contributed by atoms with E-state index < -0.39 is 0 Å². The fourth-order valence-electron chi connectivity index (χ4n) is 1.59. The molecule has 0 bridgehead atoms. The first-order valence-electron chi connectivity index (χ1n) is 5.82. The molecule has 3 heteroatoms. The third kappa shape index (κ3) is 3.22. The predicted molar refractivity (Wildman–Crippen MR) is 63.2 cm³/mol. The minimum Gasteiger partial charge on any atom is -0.467 e. The van der Waals surface area contributed by atoms with Crippen LogP contribution in [0.25, 0.3) is 0 Å². The Bertz CT molecular complexity index is 334. The first-order valence-corrected chi connectivity index (χ1v) is 5.82. The molecule has 2 rings (SSSR count). The first-order chi connectivity index (χ1) is 7.77. The normalized spacial score (nSPS) is 17.1. The highest BCUT2D eigenvalue weighted by Crippen LogP contribution is 2.29. The fourth-order valence-corrected chi connectivity index (χ4v) is 1.59. The summed E-state index contributed by atoms with van der Waals surface area (Å²) in [7, 11) is 0. The van der Waals surface area contributed by atoms with Gasteiger partial charge in [0, 0.05) is 11.6 Å². The summed E-state index contributed by atoms with van der Waals surface area (Å²) in [5.41, 5.74) is 6.88. The van der Waals surface area contributed by atoms with Crippen molar-refractivity contribution < 1.29 is 9.47 Å². The molecule has 0 unspecified atom stereocenters. The van der Waals surface area contributed by atoms with Gasteiger partial charge in [0.05, 0.1) is 6.61 Å². The molecule has 1 aliphatic rings. The number of hydrogen-bond donors (Lipinski definition) is 1. The summed E-state index contributed by atoms with van der Waals surface area (Å²) in [4.78, 5) is 0. The molecule has 0 heterocycles. The summed E-state index contributed by atoms with van der Waals surface area (Å²) in [5, 5.41) is 0. The lowest BCUT2D eigenvalue weighted by molar-refractivity contribution is 0.00934. The van der Waals surface area contributed by atoms with Crippen LogP contribution in [-0.2, 0) is 4.74 Å². The molecule has 0 saturated heterocycles. The molecule has 1 aliphatic carbocycles. The van der Waals surface area contributed by atoms with Crippen molar-refractivity contribution in [3.8, 4) is 5.75 Å². The molecule has 0 aliphatic heterocycles. The van der Waals surface area contributed by atoms with Crippen LogP contribution >= 0.6 is 0 Å². The molecule has 16 heavy (non-hydrogen) atoms. The lowest BCUT2D eigenvalue weighted by atomic mass is 10.1. The maximum Gasteiger partial charge on any atom is 0.189 e. The van der Waals surface area contributed by atoms with Crippen LogP contribution in [0.5, 0.6) is 5.75 Å². The summed E-state index contributed by atoms with van der Waals surface area (Å²) in [5.74, 6) is 1.60. The van der Waals surface area contributed by atoms with Crippen molar-refractivity contribution in [1.29, 1.82) is 0 Å². The molecule has 1 fully saturated rings. The van der Waals surface area contributed by atoms with Gasteiger partial charge in [-0.3, -0.25) is 0 Å². The molecule has 3 nitrogen and oxygen atoms in total. The van der Waals surface area contributed by atoms with Gasteiger partial charge < -0.3 is 15.2 Å². The Morgan fingerprint density at radius 3 is 2.81 bits per heavy atom. The highest BCUT2D eigenvalue weighted by molar-refractivity contribution is 5.35. The Balaban J connectivity index is 1.82. The number of hydrogen-bond acceptors (Lipinski definition) is 3. The van der Waals surface area contributed by atoms with Crippen molar-refractivity contribution >= 4 is 0 Å². The number of ether oxygens (including phenoxy) is 2. The SMILES string of the molecule is C[C@@H](N)c1ccccc1OCOCC1CC1. The molecule has 1 saturated carbocycles. The largest absolute Gasteiger partial charge is 0.467 e. The van der Waals surface area contributed by atoms with Crippen molar-refractivity contribution in [2.75, 3.05) is 13.4 Å². The zero-order chi connectivity index (χ0) is 11.4. The second-order valence-corrected chi connectivity index (χ2v) is 4.40. The van der Waals surface area contributed by atoms with Gasteiger partial charge in [-0.15, -0.1) is 0 Å².